The van der Waals surface area contributed by atoms with Gasteiger partial charge in [-0.2, -0.15) is 13.2 Å². The summed E-state index contributed by atoms with van der Waals surface area (Å²) >= 11 is 0. The maximum absolute atomic E-state index is 12.8. The second-order valence-corrected chi connectivity index (χ2v) is 5.82. The van der Waals surface area contributed by atoms with Crippen molar-refractivity contribution in [3.63, 3.8) is 0 Å². The Morgan fingerprint density at radius 3 is 2.33 bits per heavy atom. The van der Waals surface area contributed by atoms with Crippen molar-refractivity contribution in [3.05, 3.63) is 17.7 Å². The van der Waals surface area contributed by atoms with Crippen LogP contribution in [0.5, 0.6) is 0 Å². The van der Waals surface area contributed by atoms with Gasteiger partial charge in [0.05, 0.1) is 5.56 Å². The SMILES string of the molecule is CC(C)CN1CCN(c2cc(C(F)(F)F)cc(N)n2)CC1. The number of nitrogens with two attached hydrogens (primary N) is 1. The standard InChI is InChI=1S/C14H21F3N4/c1-10(2)9-20-3-5-21(6-4-20)13-8-11(14(15,16)17)7-12(18)19-13/h7-8,10H,3-6,9H2,1-2H3,(H2,18,19). The van der Waals surface area contributed by atoms with E-state index in [2.05, 4.69) is 23.7 Å². The summed E-state index contributed by atoms with van der Waals surface area (Å²) in [6.07, 6.45) is -4.40. The first kappa shape index (κ1) is 15.9. The van der Waals surface area contributed by atoms with Gasteiger partial charge < -0.3 is 10.6 Å². The van der Waals surface area contributed by atoms with E-state index in [1.807, 2.05) is 4.90 Å². The predicted molar refractivity (Wildman–Crippen MR) is 77.1 cm³/mol. The van der Waals surface area contributed by atoms with Crippen LogP contribution in [0.15, 0.2) is 12.1 Å². The lowest BCUT2D eigenvalue weighted by Gasteiger charge is -2.36. The molecule has 0 aromatic carbocycles. The second kappa shape index (κ2) is 6.09. The van der Waals surface area contributed by atoms with Gasteiger partial charge in [0.2, 0.25) is 0 Å². The number of aromatic nitrogens is 1. The topological polar surface area (TPSA) is 45.4 Å². The fourth-order valence-corrected chi connectivity index (χ4v) is 2.54. The van der Waals surface area contributed by atoms with Gasteiger partial charge in [0.25, 0.3) is 0 Å². The number of hydrogen-bond acceptors (Lipinski definition) is 4. The van der Waals surface area contributed by atoms with Gasteiger partial charge in [0, 0.05) is 32.7 Å². The quantitative estimate of drug-likeness (QED) is 0.931. The van der Waals surface area contributed by atoms with Crippen molar-refractivity contribution >= 4 is 11.6 Å². The van der Waals surface area contributed by atoms with E-state index < -0.39 is 11.7 Å². The summed E-state index contributed by atoms with van der Waals surface area (Å²) in [7, 11) is 0. The van der Waals surface area contributed by atoms with E-state index >= 15 is 0 Å². The van der Waals surface area contributed by atoms with Crippen LogP contribution in [0, 0.1) is 5.92 Å². The van der Waals surface area contributed by atoms with Crippen molar-refractivity contribution in [1.29, 1.82) is 0 Å². The highest BCUT2D eigenvalue weighted by molar-refractivity contribution is 5.49. The number of nitrogens with zero attached hydrogens (tertiary/aromatic N) is 3. The number of hydrogen-bond donors (Lipinski definition) is 1. The van der Waals surface area contributed by atoms with Crippen LogP contribution in [0.4, 0.5) is 24.8 Å². The first-order chi connectivity index (χ1) is 9.75. The molecule has 2 heterocycles. The molecule has 1 fully saturated rings. The molecular weight excluding hydrogens is 281 g/mol. The third kappa shape index (κ3) is 4.23. The smallest absolute Gasteiger partial charge is 0.384 e. The Balaban J connectivity index is 2.08. The Kier molecular flexibility index (Phi) is 4.61. The van der Waals surface area contributed by atoms with Crippen molar-refractivity contribution in [2.45, 2.75) is 20.0 Å². The summed E-state index contributed by atoms with van der Waals surface area (Å²) in [6.45, 7) is 8.31. The molecule has 0 spiro atoms. The van der Waals surface area contributed by atoms with Gasteiger partial charge in [-0.25, -0.2) is 4.98 Å². The molecule has 0 radical (unpaired) electrons. The molecular formula is C14H21F3N4. The number of halogens is 3. The van der Waals surface area contributed by atoms with Gasteiger partial charge in [-0.3, -0.25) is 4.90 Å². The molecule has 0 bridgehead atoms. The minimum atomic E-state index is -4.40. The lowest BCUT2D eigenvalue weighted by Crippen LogP contribution is -2.47. The van der Waals surface area contributed by atoms with Crippen LogP contribution < -0.4 is 10.6 Å². The summed E-state index contributed by atoms with van der Waals surface area (Å²) < 4.78 is 38.4. The Bertz CT molecular complexity index is 480. The van der Waals surface area contributed by atoms with Crippen molar-refractivity contribution in [2.75, 3.05) is 43.4 Å². The number of anilines is 2. The van der Waals surface area contributed by atoms with Gasteiger partial charge in [0.1, 0.15) is 11.6 Å². The van der Waals surface area contributed by atoms with Gasteiger partial charge in [-0.1, -0.05) is 13.8 Å². The van der Waals surface area contributed by atoms with Crippen LogP contribution in [0.25, 0.3) is 0 Å². The molecule has 0 amide bonds. The predicted octanol–water partition coefficient (Wildman–Crippen LogP) is 2.46. The lowest BCUT2D eigenvalue weighted by atomic mass is 10.2. The van der Waals surface area contributed by atoms with E-state index in [0.717, 1.165) is 31.8 Å². The molecule has 21 heavy (non-hydrogen) atoms. The highest BCUT2D eigenvalue weighted by Gasteiger charge is 2.32. The molecule has 1 aromatic heterocycles. The zero-order valence-corrected chi connectivity index (χ0v) is 12.3. The molecule has 118 valence electrons. The molecule has 0 atom stereocenters. The fraction of sp³-hybridized carbons (Fsp3) is 0.643. The molecule has 0 unspecified atom stereocenters. The van der Waals surface area contributed by atoms with E-state index in [4.69, 9.17) is 5.73 Å². The molecule has 1 aliphatic heterocycles. The Morgan fingerprint density at radius 1 is 1.19 bits per heavy atom. The summed E-state index contributed by atoms with van der Waals surface area (Å²) in [5.41, 5.74) is 4.77. The van der Waals surface area contributed by atoms with Crippen LogP contribution in [-0.4, -0.2) is 42.6 Å². The van der Waals surface area contributed by atoms with Crippen LogP contribution in [0.1, 0.15) is 19.4 Å². The number of piperazine rings is 1. The zero-order valence-electron chi connectivity index (χ0n) is 12.3. The molecule has 1 aliphatic rings. The minimum Gasteiger partial charge on any atom is -0.384 e. The van der Waals surface area contributed by atoms with Crippen LogP contribution in [0.2, 0.25) is 0 Å². The van der Waals surface area contributed by atoms with E-state index in [0.29, 0.717) is 24.8 Å². The summed E-state index contributed by atoms with van der Waals surface area (Å²) in [5.74, 6) is 0.801. The zero-order chi connectivity index (χ0) is 15.6. The first-order valence-electron chi connectivity index (χ1n) is 7.08. The number of pyridine rings is 1. The molecule has 2 rings (SSSR count). The fourth-order valence-electron chi connectivity index (χ4n) is 2.54. The molecule has 7 heteroatoms. The maximum atomic E-state index is 12.8. The Hall–Kier alpha value is -1.50. The minimum absolute atomic E-state index is 0.0931. The summed E-state index contributed by atoms with van der Waals surface area (Å²) in [5, 5.41) is 0. The van der Waals surface area contributed by atoms with Crippen molar-refractivity contribution in [3.8, 4) is 0 Å². The summed E-state index contributed by atoms with van der Waals surface area (Å²) in [4.78, 5) is 8.22. The van der Waals surface area contributed by atoms with Gasteiger partial charge in [-0.15, -0.1) is 0 Å². The highest BCUT2D eigenvalue weighted by Crippen LogP contribution is 2.32. The average molecular weight is 302 g/mol. The van der Waals surface area contributed by atoms with Crippen LogP contribution in [-0.2, 0) is 6.18 Å². The Morgan fingerprint density at radius 2 is 1.81 bits per heavy atom. The molecule has 2 N–H and O–H groups in total. The van der Waals surface area contributed by atoms with Crippen molar-refractivity contribution < 1.29 is 13.2 Å². The van der Waals surface area contributed by atoms with Crippen molar-refractivity contribution in [1.82, 2.24) is 9.88 Å². The second-order valence-electron chi connectivity index (χ2n) is 5.82. The van der Waals surface area contributed by atoms with E-state index in [-0.39, 0.29) is 5.82 Å². The van der Waals surface area contributed by atoms with Gasteiger partial charge in [-0.05, 0) is 18.1 Å². The highest BCUT2D eigenvalue weighted by atomic mass is 19.4. The van der Waals surface area contributed by atoms with Crippen molar-refractivity contribution in [2.24, 2.45) is 5.92 Å². The largest absolute Gasteiger partial charge is 0.416 e. The van der Waals surface area contributed by atoms with Gasteiger partial charge >= 0.3 is 6.18 Å². The normalized spacial score (nSPS) is 17.5. The van der Waals surface area contributed by atoms with E-state index in [9.17, 15) is 13.2 Å². The lowest BCUT2D eigenvalue weighted by molar-refractivity contribution is -0.137. The molecule has 0 aliphatic carbocycles. The van der Waals surface area contributed by atoms with E-state index in [1.165, 1.54) is 0 Å². The number of rotatable bonds is 3. The molecule has 1 aromatic rings. The third-order valence-corrected chi connectivity index (χ3v) is 3.48. The Labute approximate surface area is 122 Å². The van der Waals surface area contributed by atoms with Gasteiger partial charge in [0.15, 0.2) is 0 Å². The first-order valence-corrected chi connectivity index (χ1v) is 7.08. The van der Waals surface area contributed by atoms with Crippen LogP contribution in [0.3, 0.4) is 0 Å². The number of nitrogen functional groups attached to an aromatic ring is 1. The summed E-state index contributed by atoms with van der Waals surface area (Å²) in [6, 6.07) is 1.95. The maximum Gasteiger partial charge on any atom is 0.416 e. The monoisotopic (exact) mass is 302 g/mol. The molecule has 1 saturated heterocycles. The molecule has 0 saturated carbocycles. The average Bonchev–Trinajstić information content (AvgIpc) is 2.37. The van der Waals surface area contributed by atoms with Crippen LogP contribution >= 0.6 is 0 Å². The molecule has 4 nitrogen and oxygen atoms in total. The number of alkyl halides is 3. The van der Waals surface area contributed by atoms with E-state index in [1.54, 1.807) is 0 Å². The third-order valence-electron chi connectivity index (χ3n) is 3.48.